The van der Waals surface area contributed by atoms with Crippen LogP contribution < -0.4 is 0 Å². The van der Waals surface area contributed by atoms with Crippen molar-refractivity contribution in [1.82, 2.24) is 19.9 Å². The van der Waals surface area contributed by atoms with Crippen molar-refractivity contribution in [2.45, 2.75) is 12.6 Å². The predicted octanol–water partition coefficient (Wildman–Crippen LogP) is 2.64. The van der Waals surface area contributed by atoms with Crippen LogP contribution in [0.1, 0.15) is 11.6 Å². The quantitative estimate of drug-likeness (QED) is 0.868. The largest absolute Gasteiger partial charge is 0.295 e. The Kier molecular flexibility index (Phi) is 3.24. The van der Waals surface area contributed by atoms with Gasteiger partial charge in [-0.1, -0.05) is 29.3 Å². The van der Waals surface area contributed by atoms with Crippen molar-refractivity contribution in [3.05, 3.63) is 46.2 Å². The Morgan fingerprint density at radius 1 is 1.11 bits per heavy atom. The zero-order valence-corrected chi connectivity index (χ0v) is 11.1. The van der Waals surface area contributed by atoms with Gasteiger partial charge in [-0.2, -0.15) is 15.0 Å². The van der Waals surface area contributed by atoms with Crippen molar-refractivity contribution in [1.29, 1.82) is 0 Å². The van der Waals surface area contributed by atoms with Gasteiger partial charge in [0.05, 0.1) is 28.5 Å². The number of nitrogens with zero attached hydrogens (tertiary/aromatic N) is 4. The lowest BCUT2D eigenvalue weighted by molar-refractivity contribution is 0.0814. The summed E-state index contributed by atoms with van der Waals surface area (Å²) in [5.74, 6) is 0. The number of rotatable bonds is 3. The first-order valence-electron chi connectivity index (χ1n) is 5.74. The number of hydrogen-bond donors (Lipinski definition) is 0. The second kappa shape index (κ2) is 4.88. The van der Waals surface area contributed by atoms with E-state index >= 15 is 0 Å². The maximum absolute atomic E-state index is 5.99. The van der Waals surface area contributed by atoms with Crippen LogP contribution in [0.25, 0.3) is 0 Å². The van der Waals surface area contributed by atoms with Crippen LogP contribution >= 0.6 is 23.2 Å². The molecule has 0 bridgehead atoms. The molecule has 0 saturated carbocycles. The fourth-order valence-corrected chi connectivity index (χ4v) is 2.45. The van der Waals surface area contributed by atoms with Crippen LogP contribution in [0.3, 0.4) is 0 Å². The molecule has 3 rings (SSSR count). The highest BCUT2D eigenvalue weighted by Crippen LogP contribution is 2.26. The molecule has 4 nitrogen and oxygen atoms in total. The van der Waals surface area contributed by atoms with Crippen LogP contribution in [-0.4, -0.2) is 33.0 Å². The van der Waals surface area contributed by atoms with Crippen molar-refractivity contribution >= 4 is 23.2 Å². The molecule has 1 aromatic heterocycles. The van der Waals surface area contributed by atoms with E-state index in [-0.39, 0.29) is 0 Å². The minimum atomic E-state index is 0.391. The van der Waals surface area contributed by atoms with Gasteiger partial charge in [-0.3, -0.25) is 4.90 Å². The lowest BCUT2D eigenvalue weighted by Crippen LogP contribution is -2.47. The molecule has 2 aromatic rings. The van der Waals surface area contributed by atoms with Crippen molar-refractivity contribution in [3.63, 3.8) is 0 Å². The van der Waals surface area contributed by atoms with E-state index in [4.69, 9.17) is 23.2 Å². The van der Waals surface area contributed by atoms with Crippen LogP contribution in [0.5, 0.6) is 0 Å². The molecular weight excluding hydrogens is 271 g/mol. The summed E-state index contributed by atoms with van der Waals surface area (Å²) >= 11 is 11.9. The summed E-state index contributed by atoms with van der Waals surface area (Å²) in [6.07, 6.45) is 3.42. The second-order valence-electron chi connectivity index (χ2n) is 4.45. The third-order valence-corrected chi connectivity index (χ3v) is 3.83. The van der Waals surface area contributed by atoms with Gasteiger partial charge in [0.1, 0.15) is 0 Å². The molecule has 1 aromatic carbocycles. The van der Waals surface area contributed by atoms with Gasteiger partial charge >= 0.3 is 0 Å². The van der Waals surface area contributed by atoms with Crippen LogP contribution in [0.15, 0.2) is 30.6 Å². The number of benzene rings is 1. The third-order valence-electron chi connectivity index (χ3n) is 3.09. The lowest BCUT2D eigenvalue weighted by atomic mass is 10.1. The molecule has 0 radical (unpaired) electrons. The maximum Gasteiger partial charge on any atom is 0.0969 e. The second-order valence-corrected chi connectivity index (χ2v) is 5.26. The predicted molar refractivity (Wildman–Crippen MR) is 70.8 cm³/mol. The molecule has 0 unspecified atom stereocenters. The van der Waals surface area contributed by atoms with Crippen molar-refractivity contribution in [2.24, 2.45) is 0 Å². The molecule has 94 valence electrons. The molecule has 1 fully saturated rings. The SMILES string of the molecule is Clc1ccc(CN2CC(n3nccn3)C2)cc1Cl. The van der Waals surface area contributed by atoms with E-state index in [0.717, 1.165) is 19.6 Å². The minimum Gasteiger partial charge on any atom is -0.295 e. The molecule has 18 heavy (non-hydrogen) atoms. The smallest absolute Gasteiger partial charge is 0.0969 e. The topological polar surface area (TPSA) is 34.0 Å². The fourth-order valence-electron chi connectivity index (χ4n) is 2.13. The number of likely N-dealkylation sites (tertiary alicyclic amines) is 1. The average molecular weight is 283 g/mol. The Morgan fingerprint density at radius 2 is 1.83 bits per heavy atom. The van der Waals surface area contributed by atoms with Gasteiger partial charge in [0.15, 0.2) is 0 Å². The van der Waals surface area contributed by atoms with E-state index in [1.807, 2.05) is 18.2 Å². The molecule has 0 amide bonds. The normalized spacial score (nSPS) is 16.8. The number of hydrogen-bond acceptors (Lipinski definition) is 3. The van der Waals surface area contributed by atoms with Crippen LogP contribution in [0.4, 0.5) is 0 Å². The van der Waals surface area contributed by atoms with E-state index in [1.54, 1.807) is 17.2 Å². The van der Waals surface area contributed by atoms with Gasteiger partial charge in [0.2, 0.25) is 0 Å². The highest BCUT2D eigenvalue weighted by Gasteiger charge is 2.29. The molecule has 0 N–H and O–H groups in total. The van der Waals surface area contributed by atoms with Gasteiger partial charge < -0.3 is 0 Å². The zero-order chi connectivity index (χ0) is 12.5. The average Bonchev–Trinajstić information content (AvgIpc) is 2.81. The summed E-state index contributed by atoms with van der Waals surface area (Å²) in [4.78, 5) is 4.10. The van der Waals surface area contributed by atoms with Gasteiger partial charge in [-0.15, -0.1) is 0 Å². The van der Waals surface area contributed by atoms with E-state index < -0.39 is 0 Å². The molecule has 1 aliphatic heterocycles. The molecular formula is C12H12Cl2N4. The summed E-state index contributed by atoms with van der Waals surface area (Å²) in [5, 5.41) is 9.50. The van der Waals surface area contributed by atoms with Gasteiger partial charge in [-0.25, -0.2) is 0 Å². The molecule has 0 aliphatic carbocycles. The van der Waals surface area contributed by atoms with Crippen molar-refractivity contribution < 1.29 is 0 Å². The standard InChI is InChI=1S/C12H12Cl2N4/c13-11-2-1-9(5-12(11)14)6-17-7-10(8-17)18-15-3-4-16-18/h1-5,10H,6-8H2. The summed E-state index contributed by atoms with van der Waals surface area (Å²) in [7, 11) is 0. The summed E-state index contributed by atoms with van der Waals surface area (Å²) in [6, 6.07) is 6.16. The van der Waals surface area contributed by atoms with E-state index in [9.17, 15) is 0 Å². The number of halogens is 2. The Bertz CT molecular complexity index is 535. The van der Waals surface area contributed by atoms with Crippen LogP contribution in [0, 0.1) is 0 Å². The molecule has 2 heterocycles. The molecule has 6 heteroatoms. The molecule has 0 spiro atoms. The Labute approximate surface area is 115 Å². The van der Waals surface area contributed by atoms with E-state index in [1.165, 1.54) is 5.56 Å². The highest BCUT2D eigenvalue weighted by molar-refractivity contribution is 6.42. The lowest BCUT2D eigenvalue weighted by Gasteiger charge is -2.38. The zero-order valence-electron chi connectivity index (χ0n) is 9.63. The molecule has 1 aliphatic rings. The highest BCUT2D eigenvalue weighted by atomic mass is 35.5. The first-order valence-corrected chi connectivity index (χ1v) is 6.50. The van der Waals surface area contributed by atoms with E-state index in [2.05, 4.69) is 15.1 Å². The monoisotopic (exact) mass is 282 g/mol. The first-order chi connectivity index (χ1) is 8.72. The fraction of sp³-hybridized carbons (Fsp3) is 0.333. The third kappa shape index (κ3) is 2.36. The Morgan fingerprint density at radius 3 is 2.50 bits per heavy atom. The van der Waals surface area contributed by atoms with Gasteiger partial charge in [0, 0.05) is 19.6 Å². The van der Waals surface area contributed by atoms with Gasteiger partial charge in [-0.05, 0) is 17.7 Å². The maximum atomic E-state index is 5.99. The first kappa shape index (κ1) is 12.0. The summed E-state index contributed by atoms with van der Waals surface area (Å²) in [5.41, 5.74) is 1.18. The van der Waals surface area contributed by atoms with E-state index in [0.29, 0.717) is 16.1 Å². The molecule has 1 saturated heterocycles. The van der Waals surface area contributed by atoms with Crippen molar-refractivity contribution in [3.8, 4) is 0 Å². The summed E-state index contributed by atoms with van der Waals surface area (Å²) in [6.45, 7) is 2.82. The minimum absolute atomic E-state index is 0.391. The van der Waals surface area contributed by atoms with Crippen LogP contribution in [0.2, 0.25) is 10.0 Å². The van der Waals surface area contributed by atoms with Crippen LogP contribution in [-0.2, 0) is 6.54 Å². The van der Waals surface area contributed by atoms with Crippen molar-refractivity contribution in [2.75, 3.05) is 13.1 Å². The Hall–Kier alpha value is -1.10. The Balaban J connectivity index is 1.58. The molecule has 0 atom stereocenters. The number of aromatic nitrogens is 3. The summed E-state index contributed by atoms with van der Waals surface area (Å²) < 4.78 is 0. The van der Waals surface area contributed by atoms with Gasteiger partial charge in [0.25, 0.3) is 0 Å².